The number of ether oxygens (including phenoxy) is 2. The number of hydrogen-bond donors (Lipinski definition) is 2. The molecule has 3 aromatic carbocycles. The maximum atomic E-state index is 12.3. The van der Waals surface area contributed by atoms with Crippen molar-refractivity contribution in [2.75, 3.05) is 13.2 Å². The number of hydrogen-bond acceptors (Lipinski definition) is 5. The molecule has 0 aromatic heterocycles. The van der Waals surface area contributed by atoms with Gasteiger partial charge in [-0.2, -0.15) is 0 Å². The Labute approximate surface area is 242 Å². The molecule has 0 aliphatic carbocycles. The Morgan fingerprint density at radius 3 is 2.67 bits per heavy atom. The number of benzene rings is 3. The quantitative estimate of drug-likeness (QED) is 0.358. The maximum Gasteiger partial charge on any atom is 0.219 e. The van der Waals surface area contributed by atoms with Crippen LogP contribution in [-0.2, 0) is 22.7 Å². The summed E-state index contributed by atoms with van der Waals surface area (Å²) in [7, 11) is 0. The number of carbonyl (C=O) groups excluding carboxylic acids is 2. The van der Waals surface area contributed by atoms with Crippen molar-refractivity contribution < 1.29 is 19.1 Å². The van der Waals surface area contributed by atoms with Gasteiger partial charge >= 0.3 is 0 Å². The molecule has 0 spiro atoms. The summed E-state index contributed by atoms with van der Waals surface area (Å²) in [6, 6.07) is 20.0. The number of nitrogens with one attached hydrogen (secondary N) is 2. The van der Waals surface area contributed by atoms with E-state index in [4.69, 9.17) is 21.1 Å². The van der Waals surface area contributed by atoms with Crippen LogP contribution >= 0.6 is 11.6 Å². The Morgan fingerprint density at radius 2 is 1.88 bits per heavy atom. The first kappa shape index (κ1) is 29.6. The summed E-state index contributed by atoms with van der Waals surface area (Å²) in [6.45, 7) is 5.64. The molecule has 0 saturated heterocycles. The number of fused-ring (bicyclic) bond motifs is 1. The van der Waals surface area contributed by atoms with Gasteiger partial charge in [0.1, 0.15) is 23.9 Å². The highest BCUT2D eigenvalue weighted by atomic mass is 35.5. The fourth-order valence-corrected chi connectivity index (χ4v) is 5.17. The van der Waals surface area contributed by atoms with E-state index in [0.717, 1.165) is 42.4 Å². The van der Waals surface area contributed by atoms with E-state index < -0.39 is 0 Å². The zero-order valence-corrected chi connectivity index (χ0v) is 24.2. The molecule has 6 nitrogen and oxygen atoms in total. The summed E-state index contributed by atoms with van der Waals surface area (Å²) in [5.74, 6) is 1.36. The molecule has 7 heteroatoms. The van der Waals surface area contributed by atoms with Crippen molar-refractivity contribution in [2.45, 2.75) is 71.6 Å². The molecule has 3 aromatic rings. The molecule has 0 bridgehead atoms. The minimum absolute atomic E-state index is 0.0582. The molecule has 4 rings (SSSR count). The van der Waals surface area contributed by atoms with Crippen molar-refractivity contribution in [3.63, 3.8) is 0 Å². The predicted octanol–water partition coefficient (Wildman–Crippen LogP) is 6.79. The molecule has 1 atom stereocenters. The smallest absolute Gasteiger partial charge is 0.219 e. The third-order valence-electron chi connectivity index (χ3n) is 7.36. The van der Waals surface area contributed by atoms with E-state index in [9.17, 15) is 9.59 Å². The molecule has 1 aliphatic heterocycles. The molecule has 212 valence electrons. The molecule has 0 fully saturated rings. The van der Waals surface area contributed by atoms with Gasteiger partial charge in [0, 0.05) is 31.1 Å². The third-order valence-corrected chi connectivity index (χ3v) is 7.65. The minimum atomic E-state index is -0.272. The van der Waals surface area contributed by atoms with Crippen LogP contribution in [-0.4, -0.2) is 30.9 Å². The first-order chi connectivity index (χ1) is 19.4. The molecule has 40 heavy (non-hydrogen) atoms. The van der Waals surface area contributed by atoms with Gasteiger partial charge in [-0.15, -0.1) is 0 Å². The van der Waals surface area contributed by atoms with Crippen molar-refractivity contribution in [2.24, 2.45) is 0 Å². The lowest BCUT2D eigenvalue weighted by Gasteiger charge is -2.20. The van der Waals surface area contributed by atoms with Crippen LogP contribution in [0, 0.1) is 6.92 Å². The molecule has 0 radical (unpaired) electrons. The zero-order chi connectivity index (χ0) is 28.3. The SMILES string of the molecule is CC(=O)[C@@H]1CCCCNC(=O)CCCCOc2cc(OCc3cccc(-c4ccccc4)c3C)c(Cl)cc2CN1. The first-order valence-electron chi connectivity index (χ1n) is 14.1. The second-order valence-corrected chi connectivity index (χ2v) is 10.7. The van der Waals surface area contributed by atoms with Crippen molar-refractivity contribution in [1.29, 1.82) is 0 Å². The average molecular weight is 563 g/mol. The molecular weight excluding hydrogens is 524 g/mol. The number of Topliss-reactive ketones (excluding diaryl/α,β-unsaturated/α-hetero) is 1. The highest BCUT2D eigenvalue weighted by Gasteiger charge is 2.17. The van der Waals surface area contributed by atoms with Crippen molar-refractivity contribution >= 4 is 23.3 Å². The first-order valence-corrected chi connectivity index (χ1v) is 14.5. The molecule has 0 unspecified atom stereocenters. The molecular formula is C33H39ClN2O4. The lowest BCUT2D eigenvalue weighted by atomic mass is 9.97. The van der Waals surface area contributed by atoms with Crippen LogP contribution in [0.5, 0.6) is 11.5 Å². The van der Waals surface area contributed by atoms with Crippen LogP contribution in [0.4, 0.5) is 0 Å². The predicted molar refractivity (Wildman–Crippen MR) is 160 cm³/mol. The van der Waals surface area contributed by atoms with Gasteiger partial charge in [-0.25, -0.2) is 0 Å². The fraction of sp³-hybridized carbons (Fsp3) is 0.394. The van der Waals surface area contributed by atoms with Gasteiger partial charge in [0.05, 0.1) is 17.7 Å². The summed E-state index contributed by atoms with van der Waals surface area (Å²) in [5, 5.41) is 6.84. The van der Waals surface area contributed by atoms with E-state index in [1.54, 1.807) is 6.92 Å². The molecule has 1 heterocycles. The number of rotatable bonds is 5. The van der Waals surface area contributed by atoms with Gasteiger partial charge in [0.2, 0.25) is 5.91 Å². The van der Waals surface area contributed by atoms with E-state index >= 15 is 0 Å². The van der Waals surface area contributed by atoms with Crippen LogP contribution in [0.15, 0.2) is 60.7 Å². The summed E-state index contributed by atoms with van der Waals surface area (Å²) in [6.07, 6.45) is 4.37. The van der Waals surface area contributed by atoms with Crippen LogP contribution in [0.25, 0.3) is 11.1 Å². The summed E-state index contributed by atoms with van der Waals surface area (Å²) in [4.78, 5) is 24.4. The van der Waals surface area contributed by atoms with Gasteiger partial charge in [-0.3, -0.25) is 9.59 Å². The van der Waals surface area contributed by atoms with Crippen LogP contribution < -0.4 is 20.1 Å². The summed E-state index contributed by atoms with van der Waals surface area (Å²) in [5.41, 5.74) is 5.45. The van der Waals surface area contributed by atoms with Gasteiger partial charge in [0.15, 0.2) is 0 Å². The van der Waals surface area contributed by atoms with Gasteiger partial charge in [-0.05, 0) is 74.3 Å². The number of amides is 1. The summed E-state index contributed by atoms with van der Waals surface area (Å²) < 4.78 is 12.4. The second kappa shape index (κ2) is 14.9. The van der Waals surface area contributed by atoms with E-state index in [-0.39, 0.29) is 17.7 Å². The van der Waals surface area contributed by atoms with Gasteiger partial charge in [0.25, 0.3) is 0 Å². The Bertz CT molecular complexity index is 1300. The number of ketones is 1. The monoisotopic (exact) mass is 562 g/mol. The van der Waals surface area contributed by atoms with Crippen LogP contribution in [0.3, 0.4) is 0 Å². The second-order valence-electron chi connectivity index (χ2n) is 10.3. The fourth-order valence-electron chi connectivity index (χ4n) is 4.93. The Morgan fingerprint density at radius 1 is 1.05 bits per heavy atom. The van der Waals surface area contributed by atoms with E-state index in [0.29, 0.717) is 55.7 Å². The highest BCUT2D eigenvalue weighted by Crippen LogP contribution is 2.35. The summed E-state index contributed by atoms with van der Waals surface area (Å²) >= 11 is 6.70. The maximum absolute atomic E-state index is 12.3. The van der Waals surface area contributed by atoms with Crippen LogP contribution in [0.2, 0.25) is 5.02 Å². The van der Waals surface area contributed by atoms with E-state index in [1.807, 2.05) is 36.4 Å². The lowest BCUT2D eigenvalue weighted by molar-refractivity contribution is -0.121. The van der Waals surface area contributed by atoms with Crippen molar-refractivity contribution in [1.82, 2.24) is 10.6 Å². The highest BCUT2D eigenvalue weighted by molar-refractivity contribution is 6.32. The molecule has 2 N–H and O–H groups in total. The third kappa shape index (κ3) is 8.33. The molecule has 0 saturated carbocycles. The normalized spacial score (nSPS) is 17.3. The standard InChI is InChI=1S/C33H39ClN2O4/c1-23-26(13-10-14-28(23)25-11-4-3-5-12-25)22-40-32-20-31-27(19-29(32)34)21-36-30(24(2)37)15-6-8-17-35-33(38)16-7-9-18-39-31/h3-5,10-14,19-20,30,36H,6-9,15-18,21-22H2,1-2H3,(H,35,38)/t30-/m0/s1. The number of carbonyl (C=O) groups is 2. The zero-order valence-electron chi connectivity index (χ0n) is 23.4. The topological polar surface area (TPSA) is 76.7 Å². The van der Waals surface area contributed by atoms with Crippen molar-refractivity contribution in [3.05, 3.63) is 82.4 Å². The Balaban J connectivity index is 1.52. The number of halogens is 1. The Hall–Kier alpha value is -3.35. The van der Waals surface area contributed by atoms with Crippen LogP contribution in [0.1, 0.15) is 62.1 Å². The Kier molecular flexibility index (Phi) is 11.0. The lowest BCUT2D eigenvalue weighted by Crippen LogP contribution is -2.35. The molecule has 1 aliphatic rings. The van der Waals surface area contributed by atoms with E-state index in [1.165, 1.54) is 11.1 Å². The molecule has 1 amide bonds. The average Bonchev–Trinajstić information content (AvgIpc) is 2.94. The van der Waals surface area contributed by atoms with E-state index in [2.05, 4.69) is 41.8 Å². The van der Waals surface area contributed by atoms with Gasteiger partial charge < -0.3 is 20.1 Å². The van der Waals surface area contributed by atoms with Crippen molar-refractivity contribution in [3.8, 4) is 22.6 Å². The largest absolute Gasteiger partial charge is 0.493 e. The minimum Gasteiger partial charge on any atom is -0.493 e. The van der Waals surface area contributed by atoms with Gasteiger partial charge in [-0.1, -0.05) is 60.1 Å².